The maximum absolute atomic E-state index is 12.5. The predicted octanol–water partition coefficient (Wildman–Crippen LogP) is 2.31. The lowest BCUT2D eigenvalue weighted by atomic mass is 10.0. The molecule has 2 rings (SSSR count). The molecule has 1 heterocycles. The van der Waals surface area contributed by atoms with E-state index >= 15 is 0 Å². The molecule has 5 heteroatoms. The van der Waals surface area contributed by atoms with E-state index < -0.39 is 0 Å². The fourth-order valence-electron chi connectivity index (χ4n) is 2.57. The van der Waals surface area contributed by atoms with E-state index in [4.69, 9.17) is 0 Å². The van der Waals surface area contributed by atoms with Crippen LogP contribution in [0.2, 0.25) is 0 Å². The van der Waals surface area contributed by atoms with Crippen LogP contribution in [0.5, 0.6) is 0 Å². The van der Waals surface area contributed by atoms with Crippen molar-refractivity contribution >= 4 is 5.91 Å². The zero-order valence-corrected chi connectivity index (χ0v) is 14.4. The van der Waals surface area contributed by atoms with Gasteiger partial charge < -0.3 is 5.32 Å². The third-order valence-corrected chi connectivity index (χ3v) is 3.78. The minimum atomic E-state index is -0.262. The lowest BCUT2D eigenvalue weighted by molar-refractivity contribution is -0.125. The van der Waals surface area contributed by atoms with Crippen LogP contribution in [-0.2, 0) is 11.3 Å². The molecule has 2 aromatic rings. The number of hydrogen-bond acceptors (Lipinski definition) is 3. The molecule has 1 aromatic carbocycles. The fraction of sp³-hybridized carbons (Fsp3) is 0.444. The molecule has 1 aromatic heterocycles. The smallest absolute Gasteiger partial charge is 0.241 e. The van der Waals surface area contributed by atoms with Crippen molar-refractivity contribution in [2.45, 2.75) is 32.9 Å². The average molecular weight is 314 g/mol. The fourth-order valence-corrected chi connectivity index (χ4v) is 2.57. The van der Waals surface area contributed by atoms with Gasteiger partial charge in [-0.2, -0.15) is 5.10 Å². The van der Waals surface area contributed by atoms with E-state index in [-0.39, 0.29) is 11.9 Å². The van der Waals surface area contributed by atoms with Gasteiger partial charge in [-0.25, -0.2) is 0 Å². The van der Waals surface area contributed by atoms with Crippen molar-refractivity contribution in [2.24, 2.45) is 0 Å². The molecule has 0 bridgehead atoms. The summed E-state index contributed by atoms with van der Waals surface area (Å²) in [4.78, 5) is 14.5. The summed E-state index contributed by atoms with van der Waals surface area (Å²) in [5, 5.41) is 7.28. The Hall–Kier alpha value is -2.14. The van der Waals surface area contributed by atoms with Gasteiger partial charge in [0.15, 0.2) is 0 Å². The SMILES string of the molecule is Cc1ccc([C@@H](C(=O)NCCCn2cc(C)cn2)N(C)C)cc1. The molecule has 0 saturated heterocycles. The summed E-state index contributed by atoms with van der Waals surface area (Å²) in [5.74, 6) is 0.0375. The Labute approximate surface area is 138 Å². The third-order valence-electron chi connectivity index (χ3n) is 3.78. The highest BCUT2D eigenvalue weighted by Gasteiger charge is 2.22. The first kappa shape index (κ1) is 17.2. The first-order valence-corrected chi connectivity index (χ1v) is 7.97. The van der Waals surface area contributed by atoms with Crippen molar-refractivity contribution in [3.05, 3.63) is 53.3 Å². The van der Waals surface area contributed by atoms with Gasteiger partial charge >= 0.3 is 0 Å². The van der Waals surface area contributed by atoms with Gasteiger partial charge in [0.25, 0.3) is 0 Å². The molecule has 1 N–H and O–H groups in total. The Morgan fingerprint density at radius 1 is 1.22 bits per heavy atom. The first-order valence-electron chi connectivity index (χ1n) is 7.97. The number of aromatic nitrogens is 2. The van der Waals surface area contributed by atoms with E-state index in [1.807, 2.05) is 74.2 Å². The Morgan fingerprint density at radius 3 is 2.48 bits per heavy atom. The second-order valence-electron chi connectivity index (χ2n) is 6.20. The van der Waals surface area contributed by atoms with Gasteiger partial charge in [-0.3, -0.25) is 14.4 Å². The molecule has 0 saturated carbocycles. The van der Waals surface area contributed by atoms with Crippen LogP contribution in [0.3, 0.4) is 0 Å². The zero-order chi connectivity index (χ0) is 16.8. The predicted molar refractivity (Wildman–Crippen MR) is 92.2 cm³/mol. The number of nitrogens with one attached hydrogen (secondary N) is 1. The summed E-state index contributed by atoms with van der Waals surface area (Å²) >= 11 is 0. The molecule has 124 valence electrons. The van der Waals surface area contributed by atoms with Gasteiger partial charge in [0, 0.05) is 19.3 Å². The Bertz CT molecular complexity index is 631. The highest BCUT2D eigenvalue weighted by atomic mass is 16.2. The van der Waals surface area contributed by atoms with Crippen molar-refractivity contribution in [3.8, 4) is 0 Å². The molecule has 5 nitrogen and oxygen atoms in total. The minimum absolute atomic E-state index is 0.0375. The van der Waals surface area contributed by atoms with Crippen LogP contribution in [0.1, 0.15) is 29.2 Å². The average Bonchev–Trinajstić information content (AvgIpc) is 2.91. The maximum Gasteiger partial charge on any atom is 0.241 e. The van der Waals surface area contributed by atoms with Crippen LogP contribution in [0, 0.1) is 13.8 Å². The molecular formula is C18H26N4O. The topological polar surface area (TPSA) is 50.2 Å². The molecule has 23 heavy (non-hydrogen) atoms. The van der Waals surface area contributed by atoms with Gasteiger partial charge in [0.2, 0.25) is 5.91 Å². The number of amides is 1. The molecule has 0 fully saturated rings. The number of rotatable bonds is 7. The number of likely N-dealkylation sites (N-methyl/N-ethyl adjacent to an activating group) is 1. The monoisotopic (exact) mass is 314 g/mol. The summed E-state index contributed by atoms with van der Waals surface area (Å²) in [7, 11) is 3.85. The Balaban J connectivity index is 1.87. The van der Waals surface area contributed by atoms with Crippen LogP contribution < -0.4 is 5.32 Å². The van der Waals surface area contributed by atoms with Crippen LogP contribution in [0.15, 0.2) is 36.7 Å². The quantitative estimate of drug-likeness (QED) is 0.798. The van der Waals surface area contributed by atoms with Crippen molar-refractivity contribution in [1.82, 2.24) is 20.0 Å². The van der Waals surface area contributed by atoms with E-state index in [1.54, 1.807) is 0 Å². The van der Waals surface area contributed by atoms with E-state index in [0.29, 0.717) is 6.54 Å². The van der Waals surface area contributed by atoms with Gasteiger partial charge in [-0.15, -0.1) is 0 Å². The summed E-state index contributed by atoms with van der Waals surface area (Å²) in [6.07, 6.45) is 4.72. The van der Waals surface area contributed by atoms with Crippen molar-refractivity contribution in [1.29, 1.82) is 0 Å². The van der Waals surface area contributed by atoms with E-state index in [0.717, 1.165) is 24.1 Å². The van der Waals surface area contributed by atoms with Gasteiger partial charge in [-0.05, 0) is 45.5 Å². The standard InChI is InChI=1S/C18H26N4O/c1-14-6-8-16(9-7-14)17(21(3)4)18(23)19-10-5-11-22-13-15(2)12-20-22/h6-9,12-13,17H,5,10-11H2,1-4H3,(H,19,23)/t17-/m0/s1. The maximum atomic E-state index is 12.5. The molecule has 0 radical (unpaired) electrons. The summed E-state index contributed by atoms with van der Waals surface area (Å²) in [6, 6.07) is 7.86. The van der Waals surface area contributed by atoms with Crippen LogP contribution in [0.4, 0.5) is 0 Å². The van der Waals surface area contributed by atoms with Gasteiger partial charge in [0.05, 0.1) is 6.20 Å². The summed E-state index contributed by atoms with van der Waals surface area (Å²) in [6.45, 7) is 5.53. The normalized spacial score (nSPS) is 12.4. The molecule has 1 amide bonds. The first-order chi connectivity index (χ1) is 11.0. The number of benzene rings is 1. The number of nitrogens with zero attached hydrogens (tertiary/aromatic N) is 3. The van der Waals surface area contributed by atoms with Crippen LogP contribution >= 0.6 is 0 Å². The molecule has 0 unspecified atom stereocenters. The van der Waals surface area contributed by atoms with Gasteiger partial charge in [-0.1, -0.05) is 29.8 Å². The molecule has 0 aliphatic carbocycles. The number of carbonyl (C=O) groups excluding carboxylic acids is 1. The number of carbonyl (C=O) groups is 1. The summed E-state index contributed by atoms with van der Waals surface area (Å²) in [5.41, 5.74) is 3.36. The van der Waals surface area contributed by atoms with E-state index in [1.165, 1.54) is 5.56 Å². The molecular weight excluding hydrogens is 288 g/mol. The number of hydrogen-bond donors (Lipinski definition) is 1. The highest BCUT2D eigenvalue weighted by molar-refractivity contribution is 5.83. The van der Waals surface area contributed by atoms with Crippen molar-refractivity contribution in [2.75, 3.05) is 20.6 Å². The van der Waals surface area contributed by atoms with Crippen molar-refractivity contribution in [3.63, 3.8) is 0 Å². The molecule has 0 aliphatic rings. The van der Waals surface area contributed by atoms with Gasteiger partial charge in [0.1, 0.15) is 6.04 Å². The third kappa shape index (κ3) is 4.93. The van der Waals surface area contributed by atoms with E-state index in [2.05, 4.69) is 10.4 Å². The number of aryl methyl sites for hydroxylation is 3. The van der Waals surface area contributed by atoms with Crippen LogP contribution in [0.25, 0.3) is 0 Å². The molecule has 0 aliphatic heterocycles. The van der Waals surface area contributed by atoms with Crippen LogP contribution in [-0.4, -0.2) is 41.2 Å². The lowest BCUT2D eigenvalue weighted by Gasteiger charge is -2.24. The zero-order valence-electron chi connectivity index (χ0n) is 14.4. The lowest BCUT2D eigenvalue weighted by Crippen LogP contribution is -2.37. The molecule has 1 atom stereocenters. The summed E-state index contributed by atoms with van der Waals surface area (Å²) < 4.78 is 1.91. The molecule has 0 spiro atoms. The van der Waals surface area contributed by atoms with E-state index in [9.17, 15) is 4.79 Å². The second-order valence-corrected chi connectivity index (χ2v) is 6.20. The second kappa shape index (κ2) is 7.92. The van der Waals surface area contributed by atoms with Crippen molar-refractivity contribution < 1.29 is 4.79 Å². The largest absolute Gasteiger partial charge is 0.354 e. The minimum Gasteiger partial charge on any atom is -0.354 e. The Morgan fingerprint density at radius 2 is 1.91 bits per heavy atom. The highest BCUT2D eigenvalue weighted by Crippen LogP contribution is 2.18. The Kier molecular flexibility index (Phi) is 5.93.